The summed E-state index contributed by atoms with van der Waals surface area (Å²) in [5.74, 6) is 1.98. The highest BCUT2D eigenvalue weighted by Gasteiger charge is 2.20. The molecule has 0 fully saturated rings. The summed E-state index contributed by atoms with van der Waals surface area (Å²) in [7, 11) is 0. The zero-order valence-corrected chi connectivity index (χ0v) is 30.5. The quantitative estimate of drug-likeness (QED) is 0.166. The second-order valence-electron chi connectivity index (χ2n) is 13.9. The van der Waals surface area contributed by atoms with Gasteiger partial charge in [0.25, 0.3) is 0 Å². The molecule has 4 heteroatoms. The summed E-state index contributed by atoms with van der Waals surface area (Å²) in [6.45, 7) is 0. The molecule has 0 amide bonds. The number of rotatable bonds is 5. The van der Waals surface area contributed by atoms with Gasteiger partial charge in [-0.15, -0.1) is 11.3 Å². The highest BCUT2D eigenvalue weighted by molar-refractivity contribution is 7.26. The van der Waals surface area contributed by atoms with Crippen LogP contribution < -0.4 is 0 Å². The fourth-order valence-corrected chi connectivity index (χ4v) is 9.44. The highest BCUT2D eigenvalue weighted by atomic mass is 32.1. The maximum atomic E-state index is 5.18. The van der Waals surface area contributed by atoms with Gasteiger partial charge in [0.2, 0.25) is 0 Å². The second kappa shape index (κ2) is 12.8. The molecule has 256 valence electrons. The highest BCUT2D eigenvalue weighted by Crippen LogP contribution is 2.46. The van der Waals surface area contributed by atoms with E-state index in [1.807, 2.05) is 18.2 Å². The third-order valence-corrected chi connectivity index (χ3v) is 12.0. The van der Waals surface area contributed by atoms with Gasteiger partial charge in [-0.3, -0.25) is 0 Å². The molecule has 9 aromatic carbocycles. The number of hydrogen-bond donors (Lipinski definition) is 0. The monoisotopic (exact) mass is 717 g/mol. The molecule has 0 saturated carbocycles. The summed E-state index contributed by atoms with van der Waals surface area (Å²) in [6.07, 6.45) is 0. The van der Waals surface area contributed by atoms with Crippen molar-refractivity contribution in [1.82, 2.24) is 15.0 Å². The van der Waals surface area contributed by atoms with E-state index in [1.54, 1.807) is 11.3 Å². The average molecular weight is 718 g/mol. The molecule has 0 aliphatic rings. The Balaban J connectivity index is 1.09. The summed E-state index contributed by atoms with van der Waals surface area (Å²) >= 11 is 1.79. The van der Waals surface area contributed by atoms with Gasteiger partial charge in [-0.25, -0.2) is 15.0 Å². The van der Waals surface area contributed by atoms with Crippen molar-refractivity contribution in [1.29, 1.82) is 0 Å². The lowest BCUT2D eigenvalue weighted by Crippen LogP contribution is -2.00. The summed E-state index contributed by atoms with van der Waals surface area (Å²) in [5, 5.41) is 9.89. The van der Waals surface area contributed by atoms with E-state index in [0.29, 0.717) is 17.5 Å². The average Bonchev–Trinajstić information content (AvgIpc) is 3.65. The first-order valence-corrected chi connectivity index (χ1v) is 19.3. The van der Waals surface area contributed by atoms with E-state index in [2.05, 4.69) is 170 Å². The molecular weight excluding hydrogens is 687 g/mol. The van der Waals surface area contributed by atoms with E-state index in [4.69, 9.17) is 15.0 Å². The first-order valence-electron chi connectivity index (χ1n) is 18.5. The Labute approximate surface area is 321 Å². The Bertz CT molecular complexity index is 3190. The third kappa shape index (κ3) is 5.22. The molecule has 11 aromatic rings. The van der Waals surface area contributed by atoms with Gasteiger partial charge in [0.05, 0.1) is 0 Å². The molecule has 0 saturated heterocycles. The predicted molar refractivity (Wildman–Crippen MR) is 232 cm³/mol. The molecule has 0 aliphatic carbocycles. The molecular formula is C51H31N3S. The largest absolute Gasteiger partial charge is 0.208 e. The minimum atomic E-state index is 0.648. The first kappa shape index (κ1) is 31.5. The van der Waals surface area contributed by atoms with Crippen LogP contribution in [0.4, 0.5) is 0 Å². The predicted octanol–water partition coefficient (Wildman–Crippen LogP) is 14.0. The van der Waals surface area contributed by atoms with E-state index in [-0.39, 0.29) is 0 Å². The van der Waals surface area contributed by atoms with E-state index in [1.165, 1.54) is 69.2 Å². The minimum absolute atomic E-state index is 0.648. The van der Waals surface area contributed by atoms with Gasteiger partial charge in [0.1, 0.15) is 0 Å². The standard InChI is InChI=1S/C51H31N3S/c1-2-15-34(16-3-1)49-52-50(54-51(53-49)44-26-13-25-43-37-19-10-11-27-45(37)55-48(43)44)35-30-28-33(29-31-35)46-39-20-6-8-22-41(39)47(42-23-9-7-21-40(42)46)38-24-12-17-32-14-4-5-18-36(32)38/h1-31H. The van der Waals surface area contributed by atoms with E-state index >= 15 is 0 Å². The SMILES string of the molecule is c1ccc(-c2nc(-c3ccc(-c4c5ccccc5c(-c5cccc6ccccc56)c5ccccc45)cc3)nc(-c3cccc4c3sc3ccccc34)n2)cc1. The topological polar surface area (TPSA) is 38.7 Å². The minimum Gasteiger partial charge on any atom is -0.208 e. The molecule has 2 heterocycles. The smallest absolute Gasteiger partial charge is 0.165 e. The lowest BCUT2D eigenvalue weighted by molar-refractivity contribution is 1.08. The molecule has 0 atom stereocenters. The molecule has 11 rings (SSSR count). The van der Waals surface area contributed by atoms with Gasteiger partial charge < -0.3 is 0 Å². The Hall–Kier alpha value is -7.01. The molecule has 55 heavy (non-hydrogen) atoms. The Morgan fingerprint density at radius 1 is 0.291 bits per heavy atom. The van der Waals surface area contributed by atoms with Crippen LogP contribution in [0.15, 0.2) is 188 Å². The van der Waals surface area contributed by atoms with Crippen molar-refractivity contribution < 1.29 is 0 Å². The van der Waals surface area contributed by atoms with Gasteiger partial charge >= 0.3 is 0 Å². The number of fused-ring (bicyclic) bond motifs is 6. The molecule has 0 unspecified atom stereocenters. The lowest BCUT2D eigenvalue weighted by Gasteiger charge is -2.19. The zero-order chi connectivity index (χ0) is 36.3. The van der Waals surface area contributed by atoms with E-state index < -0.39 is 0 Å². The summed E-state index contributed by atoms with van der Waals surface area (Å²) < 4.78 is 2.43. The second-order valence-corrected chi connectivity index (χ2v) is 15.0. The number of nitrogens with zero attached hydrogens (tertiary/aromatic N) is 3. The van der Waals surface area contributed by atoms with Crippen LogP contribution >= 0.6 is 11.3 Å². The van der Waals surface area contributed by atoms with E-state index in [0.717, 1.165) is 22.3 Å². The Morgan fingerprint density at radius 3 is 1.47 bits per heavy atom. The summed E-state index contributed by atoms with van der Waals surface area (Å²) in [5.41, 5.74) is 7.79. The molecule has 3 nitrogen and oxygen atoms in total. The number of benzene rings is 9. The van der Waals surface area contributed by atoms with Crippen LogP contribution in [0.2, 0.25) is 0 Å². The van der Waals surface area contributed by atoms with Crippen LogP contribution in [-0.4, -0.2) is 15.0 Å². The van der Waals surface area contributed by atoms with Crippen LogP contribution in [0.1, 0.15) is 0 Å². The molecule has 0 aliphatic heterocycles. The molecule has 0 bridgehead atoms. The van der Waals surface area contributed by atoms with Crippen molar-refractivity contribution in [3.05, 3.63) is 188 Å². The molecule has 0 spiro atoms. The Kier molecular flexibility index (Phi) is 7.35. The van der Waals surface area contributed by atoms with E-state index in [9.17, 15) is 0 Å². The summed E-state index contributed by atoms with van der Waals surface area (Å²) in [6, 6.07) is 66.9. The maximum absolute atomic E-state index is 5.18. The van der Waals surface area contributed by atoms with Crippen LogP contribution in [0, 0.1) is 0 Å². The lowest BCUT2D eigenvalue weighted by atomic mass is 9.84. The molecule has 0 radical (unpaired) electrons. The number of hydrogen-bond acceptors (Lipinski definition) is 4. The van der Waals surface area contributed by atoms with Crippen molar-refractivity contribution >= 4 is 63.8 Å². The van der Waals surface area contributed by atoms with Crippen molar-refractivity contribution in [2.75, 3.05) is 0 Å². The van der Waals surface area contributed by atoms with Crippen molar-refractivity contribution in [3.8, 4) is 56.4 Å². The first-order chi connectivity index (χ1) is 27.3. The number of thiophene rings is 1. The number of aromatic nitrogens is 3. The van der Waals surface area contributed by atoms with Gasteiger partial charge in [-0.2, -0.15) is 0 Å². The van der Waals surface area contributed by atoms with Crippen molar-refractivity contribution in [2.45, 2.75) is 0 Å². The zero-order valence-electron chi connectivity index (χ0n) is 29.6. The van der Waals surface area contributed by atoms with Crippen LogP contribution in [0.3, 0.4) is 0 Å². The van der Waals surface area contributed by atoms with Crippen LogP contribution in [0.25, 0.3) is 109 Å². The molecule has 2 aromatic heterocycles. The van der Waals surface area contributed by atoms with Gasteiger partial charge in [-0.1, -0.05) is 176 Å². The fourth-order valence-electron chi connectivity index (χ4n) is 8.22. The van der Waals surface area contributed by atoms with Crippen molar-refractivity contribution in [2.24, 2.45) is 0 Å². The normalized spacial score (nSPS) is 11.6. The van der Waals surface area contributed by atoms with Gasteiger partial charge in [-0.05, 0) is 66.7 Å². The van der Waals surface area contributed by atoms with Crippen LogP contribution in [-0.2, 0) is 0 Å². The van der Waals surface area contributed by atoms with Gasteiger partial charge in [0, 0.05) is 36.9 Å². The Morgan fingerprint density at radius 2 is 0.764 bits per heavy atom. The third-order valence-electron chi connectivity index (χ3n) is 10.7. The summed E-state index contributed by atoms with van der Waals surface area (Å²) in [4.78, 5) is 15.3. The van der Waals surface area contributed by atoms with Crippen molar-refractivity contribution in [3.63, 3.8) is 0 Å². The fraction of sp³-hybridized carbons (Fsp3) is 0. The maximum Gasteiger partial charge on any atom is 0.165 e. The van der Waals surface area contributed by atoms with Gasteiger partial charge in [0.15, 0.2) is 17.5 Å². The van der Waals surface area contributed by atoms with Crippen LogP contribution in [0.5, 0.6) is 0 Å². The molecule has 0 N–H and O–H groups in total.